The van der Waals surface area contributed by atoms with Crippen molar-refractivity contribution in [3.8, 4) is 0 Å². The Kier molecular flexibility index (Phi) is 9.28. The van der Waals surface area contributed by atoms with E-state index < -0.39 is 0 Å². The first-order valence-electron chi connectivity index (χ1n) is 3.62. The molecule has 9 heavy (non-hydrogen) atoms. The summed E-state index contributed by atoms with van der Waals surface area (Å²) >= 11 is 5.30. The Morgan fingerprint density at radius 1 is 1.56 bits per heavy atom. The van der Waals surface area contributed by atoms with E-state index >= 15 is 0 Å². The summed E-state index contributed by atoms with van der Waals surface area (Å²) in [7, 11) is 0. The summed E-state index contributed by atoms with van der Waals surface area (Å²) in [6.45, 7) is 2.27. The van der Waals surface area contributed by atoms with Crippen molar-refractivity contribution in [2.24, 2.45) is 0 Å². The average Bonchev–Trinajstić information content (AvgIpc) is 1.89. The second-order valence-corrected chi connectivity index (χ2v) is 6.77. The van der Waals surface area contributed by atoms with Gasteiger partial charge in [0.25, 0.3) is 0 Å². The average molecular weight is 198 g/mol. The van der Waals surface area contributed by atoms with E-state index in [1.165, 1.54) is 11.4 Å². The molecule has 50 valence electrons. The van der Waals surface area contributed by atoms with Gasteiger partial charge in [-0.3, -0.25) is 0 Å². The molecule has 2 heteroatoms. The summed E-state index contributed by atoms with van der Waals surface area (Å²) < 4.78 is 2.42. The van der Waals surface area contributed by atoms with Crippen LogP contribution in [0, 0.1) is 0 Å². The van der Waals surface area contributed by atoms with E-state index in [1.54, 1.807) is 0 Å². The zero-order valence-electron chi connectivity index (χ0n) is 6.07. The van der Waals surface area contributed by atoms with Crippen molar-refractivity contribution < 1.29 is 17.1 Å². The summed E-state index contributed by atoms with van der Waals surface area (Å²) in [6, 6.07) is 0. The first kappa shape index (κ1) is 9.65. The second-order valence-electron chi connectivity index (χ2n) is 2.09. The van der Waals surface area contributed by atoms with E-state index in [1.807, 2.05) is 0 Å². The van der Waals surface area contributed by atoms with E-state index in [0.29, 0.717) is 0 Å². The Labute approximate surface area is 70.3 Å². The van der Waals surface area contributed by atoms with Crippen LogP contribution in [0.5, 0.6) is 0 Å². The van der Waals surface area contributed by atoms with Gasteiger partial charge in [-0.1, -0.05) is 0 Å². The first-order valence-corrected chi connectivity index (χ1v) is 7.97. The molecule has 0 aliphatic heterocycles. The van der Waals surface area contributed by atoms with E-state index in [-0.39, 0.29) is 17.1 Å². The van der Waals surface area contributed by atoms with Crippen LogP contribution < -0.4 is 0 Å². The van der Waals surface area contributed by atoms with Gasteiger partial charge in [-0.2, -0.15) is 0 Å². The number of halogens is 1. The molecule has 0 aromatic heterocycles. The summed E-state index contributed by atoms with van der Waals surface area (Å²) in [5, 5.41) is 1.43. The molecule has 0 aliphatic rings. The third-order valence-corrected chi connectivity index (χ3v) is 4.00. The molecule has 0 heterocycles. The molecule has 0 saturated carbocycles. The summed E-state index contributed by atoms with van der Waals surface area (Å²) in [6.07, 6.45) is 4.63. The number of hydrogen-bond acceptors (Lipinski definition) is 0. The fourth-order valence-corrected chi connectivity index (χ4v) is 2.44. The Hall–Kier alpha value is 0.653. The summed E-state index contributed by atoms with van der Waals surface area (Å²) in [4.78, 5) is 0. The SMILES string of the molecule is C[CH2][Zn]/[CH]=C/CCCCl. The van der Waals surface area contributed by atoms with E-state index in [9.17, 15) is 0 Å². The molecule has 0 N–H and O–H groups in total. The summed E-state index contributed by atoms with van der Waals surface area (Å²) in [5.74, 6) is 0.809. The van der Waals surface area contributed by atoms with Crippen LogP contribution in [0.4, 0.5) is 0 Å². The second kappa shape index (κ2) is 8.65. The van der Waals surface area contributed by atoms with Crippen LogP contribution in [0.15, 0.2) is 10.7 Å². The van der Waals surface area contributed by atoms with Gasteiger partial charge in [0.05, 0.1) is 0 Å². The standard InChI is InChI=1S/C5H8Cl.C2H5.Zn/c1-2-3-4-5-6;1-2;/h1-2H,3-5H2;1H2,2H3;. The predicted molar refractivity (Wildman–Crippen MR) is 39.6 cm³/mol. The number of allylic oxidation sites excluding steroid dienone is 1. The zero-order chi connectivity index (χ0) is 6.95. The maximum atomic E-state index is 5.50. The van der Waals surface area contributed by atoms with Crippen molar-refractivity contribution in [2.75, 3.05) is 5.88 Å². The molecule has 0 saturated heterocycles. The minimum atomic E-state index is -0.194. The molecule has 0 aliphatic carbocycles. The van der Waals surface area contributed by atoms with Crippen LogP contribution in [0.1, 0.15) is 19.8 Å². The quantitative estimate of drug-likeness (QED) is 0.361. The van der Waals surface area contributed by atoms with Crippen molar-refractivity contribution in [2.45, 2.75) is 24.8 Å². The van der Waals surface area contributed by atoms with E-state index in [4.69, 9.17) is 11.6 Å². The number of hydrogen-bond donors (Lipinski definition) is 0. The third-order valence-electron chi connectivity index (χ3n) is 1.13. The van der Waals surface area contributed by atoms with E-state index in [0.717, 1.165) is 12.3 Å². The molecule has 0 radical (unpaired) electrons. The van der Waals surface area contributed by atoms with Gasteiger partial charge in [0.15, 0.2) is 0 Å². The van der Waals surface area contributed by atoms with Crippen LogP contribution in [-0.2, 0) is 17.1 Å². The van der Waals surface area contributed by atoms with Gasteiger partial charge in [-0.05, 0) is 0 Å². The number of unbranched alkanes of at least 4 members (excludes halogenated alkanes) is 1. The van der Waals surface area contributed by atoms with Gasteiger partial charge < -0.3 is 0 Å². The Morgan fingerprint density at radius 3 is 2.89 bits per heavy atom. The third kappa shape index (κ3) is 8.65. The van der Waals surface area contributed by atoms with Gasteiger partial charge in [0.2, 0.25) is 0 Å². The molecule has 0 aromatic carbocycles. The van der Waals surface area contributed by atoms with Crippen molar-refractivity contribution in [1.29, 1.82) is 0 Å². The molecule has 0 unspecified atom stereocenters. The monoisotopic (exact) mass is 196 g/mol. The summed E-state index contributed by atoms with van der Waals surface area (Å²) in [5.41, 5.74) is 0. The van der Waals surface area contributed by atoms with Crippen LogP contribution in [0.2, 0.25) is 5.02 Å². The van der Waals surface area contributed by atoms with Gasteiger partial charge in [-0.15, -0.1) is 0 Å². The molecular formula is C7H13ClZn. The molecule has 0 aromatic rings. The van der Waals surface area contributed by atoms with Crippen LogP contribution in [0.3, 0.4) is 0 Å². The molecule has 0 fully saturated rings. The molecule has 0 amide bonds. The zero-order valence-corrected chi connectivity index (χ0v) is 9.79. The maximum absolute atomic E-state index is 5.50. The van der Waals surface area contributed by atoms with Gasteiger partial charge >= 0.3 is 70.1 Å². The molecular weight excluding hydrogens is 185 g/mol. The Bertz CT molecular complexity index is 71.3. The van der Waals surface area contributed by atoms with E-state index in [2.05, 4.69) is 17.7 Å². The van der Waals surface area contributed by atoms with Gasteiger partial charge in [0, 0.05) is 0 Å². The first-order chi connectivity index (χ1) is 4.41. The van der Waals surface area contributed by atoms with Crippen LogP contribution in [-0.4, -0.2) is 5.88 Å². The van der Waals surface area contributed by atoms with Crippen molar-refractivity contribution in [3.05, 3.63) is 10.7 Å². The van der Waals surface area contributed by atoms with Crippen LogP contribution >= 0.6 is 11.6 Å². The van der Waals surface area contributed by atoms with Crippen molar-refractivity contribution >= 4 is 11.6 Å². The van der Waals surface area contributed by atoms with Crippen LogP contribution in [0.25, 0.3) is 0 Å². The topological polar surface area (TPSA) is 0 Å². The number of alkyl halides is 1. The number of rotatable bonds is 5. The van der Waals surface area contributed by atoms with Crippen molar-refractivity contribution in [3.63, 3.8) is 0 Å². The Morgan fingerprint density at radius 2 is 2.33 bits per heavy atom. The normalized spacial score (nSPS) is 10.0. The minimum absolute atomic E-state index is 0.194. The fourth-order valence-electron chi connectivity index (χ4n) is 0.597. The Balaban J connectivity index is 2.86. The molecule has 0 nitrogen and oxygen atoms in total. The fraction of sp³-hybridized carbons (Fsp3) is 0.714. The van der Waals surface area contributed by atoms with Gasteiger partial charge in [-0.25, -0.2) is 0 Å². The van der Waals surface area contributed by atoms with Crippen molar-refractivity contribution in [1.82, 2.24) is 0 Å². The molecule has 0 atom stereocenters. The van der Waals surface area contributed by atoms with Gasteiger partial charge in [0.1, 0.15) is 0 Å². The molecule has 0 spiro atoms. The predicted octanol–water partition coefficient (Wildman–Crippen LogP) is 3.04. The molecule has 0 bridgehead atoms. The molecule has 0 rings (SSSR count).